The number of hydrogen-bond acceptors (Lipinski definition) is 3. The molecule has 1 aliphatic carbocycles. The van der Waals surface area contributed by atoms with Crippen molar-refractivity contribution in [1.29, 1.82) is 0 Å². The standard InChI is InChI=1S/C15H15FN2O4/c16-12-8-4-3-7-11(12)14(20)18-17-13(19)9-5-1-2-6-10(9)15(21)22/h1-4,7-10H,5-6H2,(H,17,19)(H,18,20)(H,21,22)/t9-,10-/m1/s1. The summed E-state index contributed by atoms with van der Waals surface area (Å²) in [4.78, 5) is 34.9. The summed E-state index contributed by atoms with van der Waals surface area (Å²) >= 11 is 0. The second-order valence-corrected chi connectivity index (χ2v) is 4.92. The Bertz CT molecular complexity index is 630. The van der Waals surface area contributed by atoms with Crippen LogP contribution in [0.25, 0.3) is 0 Å². The first-order valence-electron chi connectivity index (χ1n) is 6.73. The quantitative estimate of drug-likeness (QED) is 0.578. The van der Waals surface area contributed by atoms with Crippen LogP contribution in [-0.4, -0.2) is 22.9 Å². The third-order valence-electron chi connectivity index (χ3n) is 3.50. The molecular weight excluding hydrogens is 291 g/mol. The molecule has 0 heterocycles. The molecule has 2 atom stereocenters. The topological polar surface area (TPSA) is 95.5 Å². The van der Waals surface area contributed by atoms with Gasteiger partial charge in [0.05, 0.1) is 17.4 Å². The second-order valence-electron chi connectivity index (χ2n) is 4.92. The molecule has 1 aromatic rings. The molecule has 1 aromatic carbocycles. The highest BCUT2D eigenvalue weighted by Crippen LogP contribution is 2.25. The van der Waals surface area contributed by atoms with Crippen molar-refractivity contribution in [3.63, 3.8) is 0 Å². The van der Waals surface area contributed by atoms with Crippen molar-refractivity contribution in [1.82, 2.24) is 10.9 Å². The lowest BCUT2D eigenvalue weighted by atomic mass is 9.82. The molecule has 0 fully saturated rings. The fraction of sp³-hybridized carbons (Fsp3) is 0.267. The number of hydrazine groups is 1. The van der Waals surface area contributed by atoms with Gasteiger partial charge in [0.15, 0.2) is 0 Å². The molecule has 2 rings (SSSR count). The number of carbonyl (C=O) groups is 3. The zero-order valence-electron chi connectivity index (χ0n) is 11.6. The van der Waals surface area contributed by atoms with Crippen LogP contribution in [0.2, 0.25) is 0 Å². The van der Waals surface area contributed by atoms with Gasteiger partial charge in [-0.05, 0) is 25.0 Å². The van der Waals surface area contributed by atoms with Gasteiger partial charge < -0.3 is 5.11 Å². The van der Waals surface area contributed by atoms with Crippen LogP contribution >= 0.6 is 0 Å². The van der Waals surface area contributed by atoms with Crippen LogP contribution in [0.15, 0.2) is 36.4 Å². The van der Waals surface area contributed by atoms with E-state index in [1.165, 1.54) is 18.2 Å². The number of carboxylic acid groups (broad SMARTS) is 1. The van der Waals surface area contributed by atoms with Gasteiger partial charge in [-0.2, -0.15) is 0 Å². The van der Waals surface area contributed by atoms with Crippen LogP contribution in [-0.2, 0) is 9.59 Å². The summed E-state index contributed by atoms with van der Waals surface area (Å²) in [6, 6.07) is 5.34. The minimum Gasteiger partial charge on any atom is -0.481 e. The van der Waals surface area contributed by atoms with Gasteiger partial charge in [-0.15, -0.1) is 0 Å². The third kappa shape index (κ3) is 3.49. The number of aliphatic carboxylic acids is 1. The molecule has 22 heavy (non-hydrogen) atoms. The Kier molecular flexibility index (Phi) is 4.88. The summed E-state index contributed by atoms with van der Waals surface area (Å²) in [5, 5.41) is 9.10. The van der Waals surface area contributed by atoms with Crippen LogP contribution in [0, 0.1) is 17.7 Å². The van der Waals surface area contributed by atoms with Gasteiger partial charge in [-0.1, -0.05) is 24.3 Å². The van der Waals surface area contributed by atoms with E-state index >= 15 is 0 Å². The summed E-state index contributed by atoms with van der Waals surface area (Å²) in [6.07, 6.45) is 3.97. The highest BCUT2D eigenvalue weighted by Gasteiger charge is 2.34. The molecule has 2 amide bonds. The zero-order valence-corrected chi connectivity index (χ0v) is 11.6. The van der Waals surface area contributed by atoms with Crippen molar-refractivity contribution in [2.45, 2.75) is 12.8 Å². The van der Waals surface area contributed by atoms with E-state index in [9.17, 15) is 18.8 Å². The molecule has 0 bridgehead atoms. The van der Waals surface area contributed by atoms with Crippen molar-refractivity contribution in [3.05, 3.63) is 47.8 Å². The molecular formula is C15H15FN2O4. The Morgan fingerprint density at radius 2 is 1.68 bits per heavy atom. The molecule has 0 spiro atoms. The molecule has 0 saturated heterocycles. The number of carboxylic acids is 1. The number of hydrogen-bond donors (Lipinski definition) is 3. The maximum Gasteiger partial charge on any atom is 0.307 e. The maximum absolute atomic E-state index is 13.4. The van der Waals surface area contributed by atoms with Crippen LogP contribution in [0.4, 0.5) is 4.39 Å². The predicted molar refractivity (Wildman–Crippen MR) is 75.0 cm³/mol. The number of rotatable bonds is 3. The Balaban J connectivity index is 1.98. The SMILES string of the molecule is O=C(NNC(=O)[C@@H]1CC=CC[C@H]1C(=O)O)c1ccccc1F. The fourth-order valence-corrected chi connectivity index (χ4v) is 2.30. The third-order valence-corrected chi connectivity index (χ3v) is 3.50. The van der Waals surface area contributed by atoms with Gasteiger partial charge in [0, 0.05) is 0 Å². The van der Waals surface area contributed by atoms with E-state index in [4.69, 9.17) is 5.11 Å². The molecule has 0 unspecified atom stereocenters. The van der Waals surface area contributed by atoms with E-state index in [1.54, 1.807) is 12.2 Å². The maximum atomic E-state index is 13.4. The summed E-state index contributed by atoms with van der Waals surface area (Å²) in [6.45, 7) is 0. The van der Waals surface area contributed by atoms with Crippen molar-refractivity contribution < 1.29 is 23.9 Å². The fourth-order valence-electron chi connectivity index (χ4n) is 2.30. The van der Waals surface area contributed by atoms with E-state index in [2.05, 4.69) is 10.9 Å². The molecule has 6 nitrogen and oxygen atoms in total. The minimum absolute atomic E-state index is 0.207. The van der Waals surface area contributed by atoms with Crippen molar-refractivity contribution in [3.8, 4) is 0 Å². The Morgan fingerprint density at radius 1 is 1.05 bits per heavy atom. The highest BCUT2D eigenvalue weighted by molar-refractivity contribution is 5.96. The number of allylic oxidation sites excluding steroid dienone is 2. The van der Waals surface area contributed by atoms with Crippen LogP contribution < -0.4 is 10.9 Å². The average molecular weight is 306 g/mol. The normalized spacial score (nSPS) is 20.2. The number of halogens is 1. The van der Waals surface area contributed by atoms with E-state index in [0.717, 1.165) is 6.07 Å². The number of carbonyl (C=O) groups excluding carboxylic acids is 2. The van der Waals surface area contributed by atoms with Crippen LogP contribution in [0.1, 0.15) is 23.2 Å². The van der Waals surface area contributed by atoms with E-state index in [-0.39, 0.29) is 18.4 Å². The minimum atomic E-state index is -1.06. The van der Waals surface area contributed by atoms with Crippen LogP contribution in [0.5, 0.6) is 0 Å². The molecule has 0 saturated carbocycles. The summed E-state index contributed by atoms with van der Waals surface area (Å²) in [7, 11) is 0. The van der Waals surface area contributed by atoms with E-state index in [0.29, 0.717) is 0 Å². The molecule has 0 aliphatic heterocycles. The first-order chi connectivity index (χ1) is 10.5. The molecule has 0 aromatic heterocycles. The van der Waals surface area contributed by atoms with Gasteiger partial charge >= 0.3 is 5.97 Å². The average Bonchev–Trinajstić information content (AvgIpc) is 2.52. The molecule has 0 radical (unpaired) electrons. The predicted octanol–water partition coefficient (Wildman–Crippen LogP) is 1.25. The summed E-state index contributed by atoms with van der Waals surface area (Å²) < 4.78 is 13.4. The smallest absolute Gasteiger partial charge is 0.307 e. The first kappa shape index (κ1) is 15.7. The summed E-state index contributed by atoms with van der Waals surface area (Å²) in [5.41, 5.74) is 4.05. The van der Waals surface area contributed by atoms with Gasteiger partial charge in [0.2, 0.25) is 5.91 Å². The van der Waals surface area contributed by atoms with Gasteiger partial charge in [0.1, 0.15) is 5.82 Å². The van der Waals surface area contributed by atoms with Gasteiger partial charge in [-0.25, -0.2) is 4.39 Å². The molecule has 7 heteroatoms. The Morgan fingerprint density at radius 3 is 2.32 bits per heavy atom. The van der Waals surface area contributed by atoms with Crippen LogP contribution in [0.3, 0.4) is 0 Å². The molecule has 3 N–H and O–H groups in total. The van der Waals surface area contributed by atoms with Gasteiger partial charge in [-0.3, -0.25) is 25.2 Å². The lowest BCUT2D eigenvalue weighted by Gasteiger charge is -2.24. The lowest BCUT2D eigenvalue weighted by molar-refractivity contribution is -0.147. The highest BCUT2D eigenvalue weighted by atomic mass is 19.1. The number of nitrogens with one attached hydrogen (secondary N) is 2. The van der Waals surface area contributed by atoms with Crippen molar-refractivity contribution >= 4 is 17.8 Å². The Hall–Kier alpha value is -2.70. The summed E-state index contributed by atoms with van der Waals surface area (Å²) in [5.74, 6) is -4.80. The van der Waals surface area contributed by atoms with Crippen molar-refractivity contribution in [2.24, 2.45) is 11.8 Å². The largest absolute Gasteiger partial charge is 0.481 e. The zero-order chi connectivity index (χ0) is 16.1. The monoisotopic (exact) mass is 306 g/mol. The number of amides is 2. The first-order valence-corrected chi connectivity index (χ1v) is 6.73. The second kappa shape index (κ2) is 6.84. The van der Waals surface area contributed by atoms with E-state index in [1.807, 2.05) is 0 Å². The van der Waals surface area contributed by atoms with Crippen molar-refractivity contribution in [2.75, 3.05) is 0 Å². The molecule has 1 aliphatic rings. The van der Waals surface area contributed by atoms with E-state index < -0.39 is 35.4 Å². The molecule has 116 valence electrons. The Labute approximate surface area is 126 Å². The number of benzene rings is 1. The van der Waals surface area contributed by atoms with Gasteiger partial charge in [0.25, 0.3) is 5.91 Å². The lowest BCUT2D eigenvalue weighted by Crippen LogP contribution is -2.47.